The molecule has 106 valence electrons. The van der Waals surface area contributed by atoms with Crippen LogP contribution in [0.15, 0.2) is 55.0 Å². The van der Waals surface area contributed by atoms with E-state index < -0.39 is 0 Å². The Bertz CT molecular complexity index is 758. The average molecular weight is 281 g/mol. The first-order chi connectivity index (χ1) is 10.3. The number of nitrogens with one attached hydrogen (secondary N) is 1. The molecule has 0 bridgehead atoms. The third-order valence-electron chi connectivity index (χ3n) is 3.41. The van der Waals surface area contributed by atoms with Crippen LogP contribution in [0.4, 0.5) is 4.39 Å². The normalized spacial score (nSPS) is 12.5. The number of hydrogen-bond acceptors (Lipinski definition) is 3. The van der Waals surface area contributed by atoms with Crippen molar-refractivity contribution in [2.24, 2.45) is 0 Å². The summed E-state index contributed by atoms with van der Waals surface area (Å²) in [5, 5.41) is 4.43. The van der Waals surface area contributed by atoms with Gasteiger partial charge in [0, 0.05) is 17.8 Å². The van der Waals surface area contributed by atoms with E-state index in [2.05, 4.69) is 21.4 Å². The van der Waals surface area contributed by atoms with Crippen molar-refractivity contribution in [3.05, 3.63) is 71.9 Å². The zero-order valence-electron chi connectivity index (χ0n) is 11.8. The molecule has 2 heterocycles. The molecule has 0 spiro atoms. The van der Waals surface area contributed by atoms with Crippen molar-refractivity contribution < 1.29 is 4.39 Å². The van der Waals surface area contributed by atoms with Gasteiger partial charge in [0.25, 0.3) is 0 Å². The minimum atomic E-state index is -0.329. The molecule has 3 nitrogen and oxygen atoms in total. The summed E-state index contributed by atoms with van der Waals surface area (Å²) in [5.74, 6) is -0.329. The van der Waals surface area contributed by atoms with E-state index in [-0.39, 0.29) is 11.9 Å². The molecule has 4 heteroatoms. The Morgan fingerprint density at radius 1 is 1.10 bits per heavy atom. The predicted molar refractivity (Wildman–Crippen MR) is 81.5 cm³/mol. The Morgan fingerprint density at radius 3 is 2.71 bits per heavy atom. The maximum atomic E-state index is 13.4. The van der Waals surface area contributed by atoms with Gasteiger partial charge >= 0.3 is 0 Å². The number of benzene rings is 1. The lowest BCUT2D eigenvalue weighted by Crippen LogP contribution is -2.22. The number of fused-ring (bicyclic) bond motifs is 1. The van der Waals surface area contributed by atoms with Crippen molar-refractivity contribution in [3.63, 3.8) is 0 Å². The molecule has 1 atom stereocenters. The summed E-state index contributed by atoms with van der Waals surface area (Å²) in [6.45, 7) is 2.79. The Morgan fingerprint density at radius 2 is 1.90 bits per heavy atom. The summed E-state index contributed by atoms with van der Waals surface area (Å²) in [6.07, 6.45) is 4.73. The molecule has 0 saturated heterocycles. The first-order valence-corrected chi connectivity index (χ1v) is 6.96. The fraction of sp³-hybridized carbons (Fsp3) is 0.176. The average Bonchev–Trinajstić information content (AvgIpc) is 2.52. The number of rotatable bonds is 4. The largest absolute Gasteiger partial charge is 0.306 e. The van der Waals surface area contributed by atoms with Crippen LogP contribution in [-0.4, -0.2) is 16.5 Å². The molecule has 0 radical (unpaired) electrons. The van der Waals surface area contributed by atoms with Gasteiger partial charge in [0.1, 0.15) is 5.82 Å². The van der Waals surface area contributed by atoms with Crippen LogP contribution in [0.3, 0.4) is 0 Å². The molecule has 0 aliphatic rings. The van der Waals surface area contributed by atoms with E-state index in [1.807, 2.05) is 37.4 Å². The Kier molecular flexibility index (Phi) is 3.88. The van der Waals surface area contributed by atoms with Crippen LogP contribution >= 0.6 is 0 Å². The second-order valence-corrected chi connectivity index (χ2v) is 4.89. The minimum Gasteiger partial charge on any atom is -0.306 e. The standard InChI is InChI=1S/C17H16FN3/c1-2-20-17(14-8-15(18)11-19-9-14)13-7-12-5-3-4-6-16(12)21-10-13/h3-11,17,20H,2H2,1H3. The highest BCUT2D eigenvalue weighted by atomic mass is 19.1. The van der Waals surface area contributed by atoms with E-state index in [9.17, 15) is 4.39 Å². The van der Waals surface area contributed by atoms with Gasteiger partial charge in [0.05, 0.1) is 17.8 Å². The fourth-order valence-corrected chi connectivity index (χ4v) is 2.46. The molecule has 1 aromatic carbocycles. The van der Waals surface area contributed by atoms with Gasteiger partial charge < -0.3 is 5.32 Å². The van der Waals surface area contributed by atoms with Gasteiger partial charge in [0.15, 0.2) is 0 Å². The zero-order chi connectivity index (χ0) is 14.7. The van der Waals surface area contributed by atoms with Gasteiger partial charge in [-0.3, -0.25) is 9.97 Å². The number of pyridine rings is 2. The highest BCUT2D eigenvalue weighted by Gasteiger charge is 2.15. The van der Waals surface area contributed by atoms with E-state index in [0.29, 0.717) is 0 Å². The molecule has 0 aliphatic carbocycles. The van der Waals surface area contributed by atoms with Crippen LogP contribution in [0.2, 0.25) is 0 Å². The van der Waals surface area contributed by atoms with Crippen molar-refractivity contribution in [2.45, 2.75) is 13.0 Å². The van der Waals surface area contributed by atoms with E-state index in [1.165, 1.54) is 12.3 Å². The lowest BCUT2D eigenvalue weighted by molar-refractivity contribution is 0.595. The summed E-state index contributed by atoms with van der Waals surface area (Å²) in [5.41, 5.74) is 2.76. The van der Waals surface area contributed by atoms with Crippen molar-refractivity contribution >= 4 is 10.9 Å². The van der Waals surface area contributed by atoms with Crippen molar-refractivity contribution in [2.75, 3.05) is 6.54 Å². The second kappa shape index (κ2) is 5.97. The van der Waals surface area contributed by atoms with Gasteiger partial charge in [-0.05, 0) is 35.9 Å². The van der Waals surface area contributed by atoms with Crippen LogP contribution < -0.4 is 5.32 Å². The smallest absolute Gasteiger partial charge is 0.141 e. The van der Waals surface area contributed by atoms with Crippen LogP contribution in [0, 0.1) is 5.82 Å². The van der Waals surface area contributed by atoms with Crippen LogP contribution in [0.1, 0.15) is 24.1 Å². The van der Waals surface area contributed by atoms with E-state index in [1.54, 1.807) is 6.20 Å². The maximum absolute atomic E-state index is 13.4. The SMILES string of the molecule is CCNC(c1cncc(F)c1)c1cnc2ccccc2c1. The van der Waals surface area contributed by atoms with E-state index >= 15 is 0 Å². The molecule has 1 N–H and O–H groups in total. The summed E-state index contributed by atoms with van der Waals surface area (Å²) in [4.78, 5) is 8.42. The number of nitrogens with zero attached hydrogens (tertiary/aromatic N) is 2. The predicted octanol–water partition coefficient (Wildman–Crippen LogP) is 3.47. The van der Waals surface area contributed by atoms with Gasteiger partial charge in [-0.25, -0.2) is 4.39 Å². The lowest BCUT2D eigenvalue weighted by atomic mass is 10.00. The molecule has 21 heavy (non-hydrogen) atoms. The van der Waals surface area contributed by atoms with Gasteiger partial charge in [-0.2, -0.15) is 0 Å². The second-order valence-electron chi connectivity index (χ2n) is 4.89. The molecule has 0 saturated carbocycles. The molecule has 0 aliphatic heterocycles. The van der Waals surface area contributed by atoms with Gasteiger partial charge in [0.2, 0.25) is 0 Å². The number of halogens is 1. The fourth-order valence-electron chi connectivity index (χ4n) is 2.46. The molecule has 3 rings (SSSR count). The van der Waals surface area contributed by atoms with Crippen LogP contribution in [0.5, 0.6) is 0 Å². The third kappa shape index (κ3) is 2.90. The maximum Gasteiger partial charge on any atom is 0.141 e. The van der Waals surface area contributed by atoms with Gasteiger partial charge in [-0.1, -0.05) is 25.1 Å². The van der Waals surface area contributed by atoms with E-state index in [4.69, 9.17) is 0 Å². The van der Waals surface area contributed by atoms with Crippen LogP contribution in [-0.2, 0) is 0 Å². The van der Waals surface area contributed by atoms with E-state index in [0.717, 1.165) is 28.6 Å². The highest BCUT2D eigenvalue weighted by Crippen LogP contribution is 2.24. The highest BCUT2D eigenvalue weighted by molar-refractivity contribution is 5.78. The molecular weight excluding hydrogens is 265 g/mol. The van der Waals surface area contributed by atoms with Crippen LogP contribution in [0.25, 0.3) is 10.9 Å². The van der Waals surface area contributed by atoms with Crippen molar-refractivity contribution in [3.8, 4) is 0 Å². The summed E-state index contributed by atoms with van der Waals surface area (Å²) in [6, 6.07) is 11.4. The third-order valence-corrected chi connectivity index (χ3v) is 3.41. The monoisotopic (exact) mass is 281 g/mol. The molecule has 1 unspecified atom stereocenters. The summed E-state index contributed by atoms with van der Waals surface area (Å²) >= 11 is 0. The number of aromatic nitrogens is 2. The Labute approximate surface area is 122 Å². The first kappa shape index (κ1) is 13.6. The molecular formula is C17H16FN3. The lowest BCUT2D eigenvalue weighted by Gasteiger charge is -2.18. The minimum absolute atomic E-state index is 0.115. The van der Waals surface area contributed by atoms with Gasteiger partial charge in [-0.15, -0.1) is 0 Å². The zero-order valence-corrected chi connectivity index (χ0v) is 11.8. The molecule has 2 aromatic heterocycles. The number of para-hydroxylation sites is 1. The molecule has 0 amide bonds. The summed E-state index contributed by atoms with van der Waals surface area (Å²) in [7, 11) is 0. The molecule has 3 aromatic rings. The Balaban J connectivity index is 2.06. The quantitative estimate of drug-likeness (QED) is 0.795. The first-order valence-electron chi connectivity index (χ1n) is 6.96. The topological polar surface area (TPSA) is 37.8 Å². The van der Waals surface area contributed by atoms with Crippen molar-refractivity contribution in [1.82, 2.24) is 15.3 Å². The Hall–Kier alpha value is -2.33. The number of hydrogen-bond donors (Lipinski definition) is 1. The van der Waals surface area contributed by atoms with Crippen molar-refractivity contribution in [1.29, 1.82) is 0 Å². The molecule has 0 fully saturated rings. The summed E-state index contributed by atoms with van der Waals surface area (Å²) < 4.78 is 13.4.